The lowest BCUT2D eigenvalue weighted by atomic mass is 10.1. The number of aromatic nitrogens is 2. The van der Waals surface area contributed by atoms with Gasteiger partial charge in [0.2, 0.25) is 0 Å². The normalized spacial score (nSPS) is 10.7. The molecule has 0 atom stereocenters. The second kappa shape index (κ2) is 8.93. The highest BCUT2D eigenvalue weighted by Gasteiger charge is 2.10. The average molecular weight is 417 g/mol. The van der Waals surface area contributed by atoms with E-state index in [-0.39, 0.29) is 5.91 Å². The van der Waals surface area contributed by atoms with Crippen LogP contribution in [0.4, 0.5) is 5.82 Å². The Hall–Kier alpha value is -3.44. The molecular weight excluding hydrogens is 396 g/mol. The van der Waals surface area contributed by atoms with Crippen LogP contribution in [0.5, 0.6) is 0 Å². The van der Waals surface area contributed by atoms with E-state index in [0.29, 0.717) is 29.5 Å². The van der Waals surface area contributed by atoms with Crippen LogP contribution in [0.3, 0.4) is 0 Å². The lowest BCUT2D eigenvalue weighted by Gasteiger charge is -2.12. The molecule has 3 aromatic carbocycles. The highest BCUT2D eigenvalue weighted by Crippen LogP contribution is 2.25. The van der Waals surface area contributed by atoms with E-state index in [4.69, 9.17) is 16.6 Å². The van der Waals surface area contributed by atoms with Crippen LogP contribution >= 0.6 is 11.6 Å². The first-order valence-electron chi connectivity index (χ1n) is 9.71. The number of carbonyl (C=O) groups is 1. The lowest BCUT2D eigenvalue weighted by Crippen LogP contribution is -2.28. The van der Waals surface area contributed by atoms with Crippen molar-refractivity contribution in [3.63, 3.8) is 0 Å². The standard InChI is InChI=1S/C24H21ClN4O/c1-16-6-8-18(9-7-16)24(30)27-15-14-26-23-20-4-2-3-5-21(20)28-22(29-23)17-10-12-19(25)13-11-17/h2-13H,14-15H2,1H3,(H,27,30)(H,26,28,29). The van der Waals surface area contributed by atoms with Gasteiger partial charge in [-0.05, 0) is 55.5 Å². The van der Waals surface area contributed by atoms with Crippen molar-refractivity contribution in [3.8, 4) is 11.4 Å². The van der Waals surface area contributed by atoms with Crippen LogP contribution in [-0.2, 0) is 0 Å². The maximum absolute atomic E-state index is 12.3. The van der Waals surface area contributed by atoms with E-state index < -0.39 is 0 Å². The number of hydrogen-bond donors (Lipinski definition) is 2. The number of rotatable bonds is 6. The molecule has 0 saturated heterocycles. The Bertz CT molecular complexity index is 1170. The first-order chi connectivity index (χ1) is 14.6. The minimum absolute atomic E-state index is 0.0915. The molecule has 0 aliphatic heterocycles. The van der Waals surface area contributed by atoms with E-state index in [2.05, 4.69) is 15.6 Å². The van der Waals surface area contributed by atoms with E-state index in [1.54, 1.807) is 0 Å². The number of aryl methyl sites for hydroxylation is 1. The van der Waals surface area contributed by atoms with E-state index in [1.807, 2.05) is 79.7 Å². The number of halogens is 1. The fraction of sp³-hybridized carbons (Fsp3) is 0.125. The Morgan fingerprint density at radius 2 is 1.63 bits per heavy atom. The van der Waals surface area contributed by atoms with Gasteiger partial charge in [-0.15, -0.1) is 0 Å². The number of hydrogen-bond acceptors (Lipinski definition) is 4. The molecule has 6 heteroatoms. The molecule has 0 aliphatic rings. The number of nitrogens with zero attached hydrogens (tertiary/aromatic N) is 2. The average Bonchev–Trinajstić information content (AvgIpc) is 2.77. The van der Waals surface area contributed by atoms with Gasteiger partial charge in [0.05, 0.1) is 5.52 Å². The fourth-order valence-electron chi connectivity index (χ4n) is 3.10. The number of carbonyl (C=O) groups excluding carboxylic acids is 1. The summed E-state index contributed by atoms with van der Waals surface area (Å²) in [6.45, 7) is 3.01. The summed E-state index contributed by atoms with van der Waals surface area (Å²) >= 11 is 6.00. The zero-order valence-corrected chi connectivity index (χ0v) is 17.3. The Labute approximate surface area is 180 Å². The van der Waals surface area contributed by atoms with E-state index in [9.17, 15) is 4.79 Å². The molecule has 2 N–H and O–H groups in total. The summed E-state index contributed by atoms with van der Waals surface area (Å²) in [6, 6.07) is 22.8. The SMILES string of the molecule is Cc1ccc(C(=O)NCCNc2nc(-c3ccc(Cl)cc3)nc3ccccc23)cc1. The molecule has 0 bridgehead atoms. The molecule has 1 heterocycles. The Morgan fingerprint density at radius 3 is 2.40 bits per heavy atom. The molecule has 0 saturated carbocycles. The van der Waals surface area contributed by atoms with Crippen molar-refractivity contribution in [2.75, 3.05) is 18.4 Å². The van der Waals surface area contributed by atoms with Crippen LogP contribution in [-0.4, -0.2) is 29.0 Å². The lowest BCUT2D eigenvalue weighted by molar-refractivity contribution is 0.0955. The van der Waals surface area contributed by atoms with Crippen LogP contribution in [0.25, 0.3) is 22.3 Å². The van der Waals surface area contributed by atoms with Gasteiger partial charge in [-0.2, -0.15) is 0 Å². The zero-order chi connectivity index (χ0) is 20.9. The monoisotopic (exact) mass is 416 g/mol. The summed E-state index contributed by atoms with van der Waals surface area (Å²) in [5.74, 6) is 1.26. The highest BCUT2D eigenvalue weighted by atomic mass is 35.5. The quantitative estimate of drug-likeness (QED) is 0.429. The Morgan fingerprint density at radius 1 is 0.900 bits per heavy atom. The smallest absolute Gasteiger partial charge is 0.251 e. The number of benzene rings is 3. The number of para-hydroxylation sites is 1. The summed E-state index contributed by atoms with van der Waals surface area (Å²) in [6.07, 6.45) is 0. The van der Waals surface area contributed by atoms with E-state index in [1.165, 1.54) is 0 Å². The van der Waals surface area contributed by atoms with Gasteiger partial charge in [-0.1, -0.05) is 41.4 Å². The summed E-state index contributed by atoms with van der Waals surface area (Å²) in [5.41, 5.74) is 3.52. The molecule has 1 amide bonds. The second-order valence-corrected chi connectivity index (χ2v) is 7.41. The highest BCUT2D eigenvalue weighted by molar-refractivity contribution is 6.30. The molecule has 30 heavy (non-hydrogen) atoms. The topological polar surface area (TPSA) is 66.9 Å². The van der Waals surface area contributed by atoms with Crippen molar-refractivity contribution in [1.82, 2.24) is 15.3 Å². The third-order valence-electron chi connectivity index (χ3n) is 4.72. The number of amides is 1. The maximum Gasteiger partial charge on any atom is 0.251 e. The molecule has 4 aromatic rings. The van der Waals surface area contributed by atoms with Gasteiger partial charge in [0.15, 0.2) is 5.82 Å². The Balaban J connectivity index is 1.48. The third kappa shape index (κ3) is 4.58. The van der Waals surface area contributed by atoms with Crippen molar-refractivity contribution in [3.05, 3.63) is 88.9 Å². The minimum Gasteiger partial charge on any atom is -0.368 e. The van der Waals surface area contributed by atoms with Gasteiger partial charge in [-0.3, -0.25) is 4.79 Å². The number of fused-ring (bicyclic) bond motifs is 1. The zero-order valence-electron chi connectivity index (χ0n) is 16.5. The van der Waals surface area contributed by atoms with Crippen molar-refractivity contribution in [2.24, 2.45) is 0 Å². The van der Waals surface area contributed by atoms with E-state index in [0.717, 1.165) is 27.8 Å². The molecule has 1 aromatic heterocycles. The number of anilines is 1. The molecule has 0 fully saturated rings. The van der Waals surface area contributed by atoms with Crippen molar-refractivity contribution < 1.29 is 4.79 Å². The van der Waals surface area contributed by atoms with E-state index >= 15 is 0 Å². The van der Waals surface area contributed by atoms with Crippen molar-refractivity contribution in [2.45, 2.75) is 6.92 Å². The predicted molar refractivity (Wildman–Crippen MR) is 122 cm³/mol. The van der Waals surface area contributed by atoms with Crippen LogP contribution in [0.1, 0.15) is 15.9 Å². The first-order valence-corrected chi connectivity index (χ1v) is 10.1. The Kier molecular flexibility index (Phi) is 5.91. The molecule has 150 valence electrons. The molecule has 0 aliphatic carbocycles. The summed E-state index contributed by atoms with van der Waals surface area (Å²) in [5, 5.41) is 7.86. The third-order valence-corrected chi connectivity index (χ3v) is 4.97. The van der Waals surface area contributed by atoms with Crippen LogP contribution in [0, 0.1) is 6.92 Å². The molecule has 5 nitrogen and oxygen atoms in total. The van der Waals surface area contributed by atoms with Crippen molar-refractivity contribution in [1.29, 1.82) is 0 Å². The molecule has 0 unspecified atom stereocenters. The van der Waals surface area contributed by atoms with Gasteiger partial charge in [-0.25, -0.2) is 9.97 Å². The summed E-state index contributed by atoms with van der Waals surface area (Å²) in [4.78, 5) is 21.7. The fourth-order valence-corrected chi connectivity index (χ4v) is 3.23. The van der Waals surface area contributed by atoms with Crippen LogP contribution in [0.15, 0.2) is 72.8 Å². The second-order valence-electron chi connectivity index (χ2n) is 6.97. The predicted octanol–water partition coefficient (Wildman–Crippen LogP) is 5.10. The van der Waals surface area contributed by atoms with Gasteiger partial charge in [0.1, 0.15) is 5.82 Å². The molecule has 0 spiro atoms. The first kappa shape index (κ1) is 19.9. The maximum atomic E-state index is 12.3. The number of nitrogens with one attached hydrogen (secondary N) is 2. The van der Waals surface area contributed by atoms with Gasteiger partial charge in [0, 0.05) is 34.6 Å². The van der Waals surface area contributed by atoms with Crippen LogP contribution in [0.2, 0.25) is 5.02 Å². The largest absolute Gasteiger partial charge is 0.368 e. The van der Waals surface area contributed by atoms with Gasteiger partial charge in [0.25, 0.3) is 5.91 Å². The minimum atomic E-state index is -0.0915. The molecular formula is C24H21ClN4O. The summed E-state index contributed by atoms with van der Waals surface area (Å²) in [7, 11) is 0. The molecule has 0 radical (unpaired) electrons. The van der Waals surface area contributed by atoms with Crippen molar-refractivity contribution >= 4 is 34.2 Å². The molecule has 4 rings (SSSR count). The van der Waals surface area contributed by atoms with Crippen LogP contribution < -0.4 is 10.6 Å². The van der Waals surface area contributed by atoms with Gasteiger partial charge >= 0.3 is 0 Å². The van der Waals surface area contributed by atoms with Gasteiger partial charge < -0.3 is 10.6 Å². The summed E-state index contributed by atoms with van der Waals surface area (Å²) < 4.78 is 0.